The number of nitrogens with two attached hydrogens (primary N) is 2. The molecule has 0 aromatic heterocycles. The third-order valence-electron chi connectivity index (χ3n) is 2.97. The fourth-order valence-electron chi connectivity index (χ4n) is 1.79. The molecule has 7 nitrogen and oxygen atoms in total. The molecule has 0 aromatic carbocycles. The van der Waals surface area contributed by atoms with Crippen molar-refractivity contribution in [1.29, 1.82) is 0 Å². The summed E-state index contributed by atoms with van der Waals surface area (Å²) in [5.74, 6) is -2.05. The van der Waals surface area contributed by atoms with Crippen molar-refractivity contribution >= 4 is 17.8 Å². The number of carbonyl (C=O) groups excluding carboxylic acids is 2. The van der Waals surface area contributed by atoms with Gasteiger partial charge in [-0.3, -0.25) is 9.59 Å². The Labute approximate surface area is 112 Å². The Morgan fingerprint density at radius 1 is 1.26 bits per heavy atom. The summed E-state index contributed by atoms with van der Waals surface area (Å²) in [7, 11) is 0. The molecule has 0 aliphatic rings. The summed E-state index contributed by atoms with van der Waals surface area (Å²) in [6, 6.07) is -1.25. The monoisotopic (exact) mass is 273 g/mol. The molecule has 2 amide bonds. The van der Waals surface area contributed by atoms with Crippen LogP contribution in [0.25, 0.3) is 0 Å². The molecule has 1 unspecified atom stereocenters. The van der Waals surface area contributed by atoms with E-state index in [9.17, 15) is 14.4 Å². The lowest BCUT2D eigenvalue weighted by Crippen LogP contribution is -2.43. The number of carboxylic acid groups (broad SMARTS) is 1. The number of hydrogen-bond acceptors (Lipinski definition) is 4. The summed E-state index contributed by atoms with van der Waals surface area (Å²) >= 11 is 0. The lowest BCUT2D eigenvalue weighted by Gasteiger charge is -2.15. The van der Waals surface area contributed by atoms with Gasteiger partial charge >= 0.3 is 5.97 Å². The van der Waals surface area contributed by atoms with Crippen LogP contribution in [0, 0.1) is 5.92 Å². The molecule has 0 aromatic rings. The molecular weight excluding hydrogens is 250 g/mol. The minimum absolute atomic E-state index is 0.223. The van der Waals surface area contributed by atoms with Crippen LogP contribution in [0.15, 0.2) is 0 Å². The summed E-state index contributed by atoms with van der Waals surface area (Å²) in [6.45, 7) is 2.59. The van der Waals surface area contributed by atoms with Crippen molar-refractivity contribution in [2.75, 3.05) is 6.54 Å². The SMILES string of the molecule is CCC(CCN)CCC(=O)N[C@@H](CC(N)=O)C(=O)O. The first-order valence-electron chi connectivity index (χ1n) is 6.41. The molecule has 0 fully saturated rings. The molecule has 0 aliphatic carbocycles. The summed E-state index contributed by atoms with van der Waals surface area (Å²) < 4.78 is 0. The maximum Gasteiger partial charge on any atom is 0.326 e. The molecule has 0 spiro atoms. The molecule has 0 heterocycles. The van der Waals surface area contributed by atoms with Gasteiger partial charge < -0.3 is 21.9 Å². The van der Waals surface area contributed by atoms with Crippen LogP contribution < -0.4 is 16.8 Å². The van der Waals surface area contributed by atoms with Gasteiger partial charge in [0, 0.05) is 6.42 Å². The largest absolute Gasteiger partial charge is 0.480 e. The molecule has 2 atom stereocenters. The molecule has 110 valence electrons. The predicted molar refractivity (Wildman–Crippen MR) is 70.1 cm³/mol. The zero-order chi connectivity index (χ0) is 14.8. The maximum atomic E-state index is 11.6. The van der Waals surface area contributed by atoms with Crippen molar-refractivity contribution in [2.24, 2.45) is 17.4 Å². The summed E-state index contributed by atoms with van der Waals surface area (Å²) in [5.41, 5.74) is 10.4. The van der Waals surface area contributed by atoms with Crippen LogP contribution in [0.4, 0.5) is 0 Å². The summed E-state index contributed by atoms with van der Waals surface area (Å²) in [6.07, 6.45) is 2.24. The molecule has 0 rings (SSSR count). The van der Waals surface area contributed by atoms with E-state index >= 15 is 0 Å². The fourth-order valence-corrected chi connectivity index (χ4v) is 1.79. The lowest BCUT2D eigenvalue weighted by molar-refractivity contribution is -0.143. The van der Waals surface area contributed by atoms with Crippen molar-refractivity contribution in [3.63, 3.8) is 0 Å². The fraction of sp³-hybridized carbons (Fsp3) is 0.750. The van der Waals surface area contributed by atoms with Gasteiger partial charge in [-0.2, -0.15) is 0 Å². The van der Waals surface area contributed by atoms with Crippen molar-refractivity contribution in [2.45, 2.75) is 45.1 Å². The molecule has 0 saturated carbocycles. The van der Waals surface area contributed by atoms with Gasteiger partial charge in [-0.1, -0.05) is 13.3 Å². The van der Waals surface area contributed by atoms with Crippen LogP contribution in [-0.2, 0) is 14.4 Å². The Hall–Kier alpha value is -1.63. The van der Waals surface area contributed by atoms with Crippen LogP contribution in [-0.4, -0.2) is 35.5 Å². The summed E-state index contributed by atoms with van der Waals surface area (Å²) in [5, 5.41) is 11.1. The third-order valence-corrected chi connectivity index (χ3v) is 2.97. The number of aliphatic carboxylic acids is 1. The highest BCUT2D eigenvalue weighted by molar-refractivity contribution is 5.88. The Kier molecular flexibility index (Phi) is 8.52. The zero-order valence-electron chi connectivity index (χ0n) is 11.2. The van der Waals surface area contributed by atoms with Crippen LogP contribution in [0.5, 0.6) is 0 Å². The average Bonchev–Trinajstić information content (AvgIpc) is 2.32. The highest BCUT2D eigenvalue weighted by atomic mass is 16.4. The average molecular weight is 273 g/mol. The number of carboxylic acids is 1. The minimum atomic E-state index is -1.26. The van der Waals surface area contributed by atoms with E-state index in [1.54, 1.807) is 0 Å². The molecule has 0 radical (unpaired) electrons. The number of amides is 2. The van der Waals surface area contributed by atoms with Crippen LogP contribution >= 0.6 is 0 Å². The van der Waals surface area contributed by atoms with Crippen LogP contribution in [0.3, 0.4) is 0 Å². The summed E-state index contributed by atoms with van der Waals surface area (Å²) in [4.78, 5) is 33.1. The van der Waals surface area contributed by atoms with Gasteiger partial charge in [-0.15, -0.1) is 0 Å². The van der Waals surface area contributed by atoms with Crippen molar-refractivity contribution in [3.8, 4) is 0 Å². The van der Waals surface area contributed by atoms with Gasteiger partial charge in [-0.25, -0.2) is 4.79 Å². The van der Waals surface area contributed by atoms with Gasteiger partial charge in [-0.05, 0) is 25.3 Å². The highest BCUT2D eigenvalue weighted by Crippen LogP contribution is 2.14. The van der Waals surface area contributed by atoms with Crippen LogP contribution in [0.1, 0.15) is 39.0 Å². The first-order chi connectivity index (χ1) is 8.90. The molecular formula is C12H23N3O4. The first kappa shape index (κ1) is 17.4. The molecule has 7 heteroatoms. The van der Waals surface area contributed by atoms with Crippen molar-refractivity contribution < 1.29 is 19.5 Å². The second kappa shape index (κ2) is 9.32. The Morgan fingerprint density at radius 2 is 1.89 bits per heavy atom. The number of nitrogens with one attached hydrogen (secondary N) is 1. The standard InChI is InChI=1S/C12H23N3O4/c1-2-8(5-6-13)3-4-11(17)15-9(12(18)19)7-10(14)16/h8-9H,2-7,13H2,1H3,(H2,14,16)(H,15,17)(H,18,19)/t8?,9-/m0/s1. The predicted octanol–water partition coefficient (Wildman–Crippen LogP) is -0.414. The Balaban J connectivity index is 4.19. The van der Waals surface area contributed by atoms with E-state index in [4.69, 9.17) is 16.6 Å². The van der Waals surface area contributed by atoms with Gasteiger partial charge in [0.15, 0.2) is 0 Å². The second-order valence-electron chi connectivity index (χ2n) is 4.52. The molecule has 6 N–H and O–H groups in total. The van der Waals surface area contributed by atoms with Crippen LogP contribution in [0.2, 0.25) is 0 Å². The zero-order valence-corrected chi connectivity index (χ0v) is 11.2. The number of carbonyl (C=O) groups is 3. The van der Waals surface area contributed by atoms with E-state index in [0.717, 1.165) is 12.8 Å². The topological polar surface area (TPSA) is 136 Å². The smallest absolute Gasteiger partial charge is 0.326 e. The quantitative estimate of drug-likeness (QED) is 0.429. The van der Waals surface area contributed by atoms with Gasteiger partial charge in [0.05, 0.1) is 6.42 Å². The molecule has 0 aliphatic heterocycles. The van der Waals surface area contributed by atoms with E-state index in [-0.39, 0.29) is 12.3 Å². The van der Waals surface area contributed by atoms with Crippen molar-refractivity contribution in [1.82, 2.24) is 5.32 Å². The van der Waals surface area contributed by atoms with E-state index in [1.807, 2.05) is 6.92 Å². The van der Waals surface area contributed by atoms with E-state index in [0.29, 0.717) is 18.9 Å². The second-order valence-corrected chi connectivity index (χ2v) is 4.52. The lowest BCUT2D eigenvalue weighted by atomic mass is 9.96. The minimum Gasteiger partial charge on any atom is -0.480 e. The van der Waals surface area contributed by atoms with E-state index in [2.05, 4.69) is 5.32 Å². The van der Waals surface area contributed by atoms with Gasteiger partial charge in [0.2, 0.25) is 11.8 Å². The van der Waals surface area contributed by atoms with Gasteiger partial charge in [0.25, 0.3) is 0 Å². The highest BCUT2D eigenvalue weighted by Gasteiger charge is 2.22. The Morgan fingerprint density at radius 3 is 2.32 bits per heavy atom. The third kappa shape index (κ3) is 8.15. The van der Waals surface area contributed by atoms with E-state index in [1.165, 1.54) is 0 Å². The normalized spacial score (nSPS) is 13.6. The van der Waals surface area contributed by atoms with E-state index < -0.39 is 24.3 Å². The number of hydrogen-bond donors (Lipinski definition) is 4. The number of rotatable bonds is 10. The van der Waals surface area contributed by atoms with Gasteiger partial charge in [0.1, 0.15) is 6.04 Å². The molecule has 0 saturated heterocycles. The number of primary amides is 1. The molecule has 19 heavy (non-hydrogen) atoms. The Bertz CT molecular complexity index is 320. The molecule has 0 bridgehead atoms. The maximum absolute atomic E-state index is 11.6. The van der Waals surface area contributed by atoms with Crippen molar-refractivity contribution in [3.05, 3.63) is 0 Å². The first-order valence-corrected chi connectivity index (χ1v) is 6.41.